The van der Waals surface area contributed by atoms with Gasteiger partial charge in [-0.15, -0.1) is 0 Å². The molecule has 2 heterocycles. The molecule has 0 amide bonds. The number of anilines is 1. The number of nitrogen functional groups attached to an aromatic ring is 1. The Kier molecular flexibility index (Phi) is 2.84. The normalized spacial score (nSPS) is 17.3. The van der Waals surface area contributed by atoms with Gasteiger partial charge in [-0.25, -0.2) is 4.98 Å². The molecule has 78 valence electrons. The molecule has 2 N–H and O–H groups in total. The van der Waals surface area contributed by atoms with Crippen LogP contribution in [0.1, 0.15) is 29.9 Å². The summed E-state index contributed by atoms with van der Waals surface area (Å²) in [5.41, 5.74) is 7.23. The maximum absolute atomic E-state index is 9.03. The largest absolute Gasteiger partial charge is 0.383 e. The number of pyridine rings is 1. The average Bonchev–Trinajstić information content (AvgIpc) is 2.30. The molecule has 0 aliphatic carbocycles. The summed E-state index contributed by atoms with van der Waals surface area (Å²) in [4.78, 5) is 3.93. The van der Waals surface area contributed by atoms with Crippen LogP contribution >= 0.6 is 0 Å². The van der Waals surface area contributed by atoms with E-state index in [1.807, 2.05) is 6.07 Å². The van der Waals surface area contributed by atoms with E-state index in [0.29, 0.717) is 17.3 Å². The molecule has 0 spiro atoms. The quantitative estimate of drug-likeness (QED) is 0.749. The molecule has 1 fully saturated rings. The molecule has 1 aliphatic rings. The molecule has 2 rings (SSSR count). The third-order valence-corrected chi connectivity index (χ3v) is 2.79. The molecule has 1 aliphatic heterocycles. The highest BCUT2D eigenvalue weighted by Crippen LogP contribution is 2.30. The molecular formula is C11H13N3O. The number of nitrogens with zero attached hydrogens (tertiary/aromatic N) is 2. The number of nitrogens with two attached hydrogens (primary N) is 1. The molecule has 0 radical (unpaired) electrons. The van der Waals surface area contributed by atoms with Crippen LogP contribution < -0.4 is 5.73 Å². The summed E-state index contributed by atoms with van der Waals surface area (Å²) >= 11 is 0. The van der Waals surface area contributed by atoms with Gasteiger partial charge in [0.2, 0.25) is 0 Å². The summed E-state index contributed by atoms with van der Waals surface area (Å²) in [6.45, 7) is 1.52. The first-order chi connectivity index (χ1) is 7.33. The van der Waals surface area contributed by atoms with Gasteiger partial charge in [0.25, 0.3) is 0 Å². The van der Waals surface area contributed by atoms with Crippen LogP contribution in [0.15, 0.2) is 12.3 Å². The first-order valence-electron chi connectivity index (χ1n) is 5.05. The van der Waals surface area contributed by atoms with E-state index in [1.54, 1.807) is 6.20 Å². The first-order valence-corrected chi connectivity index (χ1v) is 5.05. The van der Waals surface area contributed by atoms with Crippen molar-refractivity contribution in [2.24, 2.45) is 0 Å². The van der Waals surface area contributed by atoms with Crippen molar-refractivity contribution in [3.8, 4) is 6.07 Å². The SMILES string of the molecule is N#Cc1c(C2CCOCC2)ccnc1N. The Morgan fingerprint density at radius 3 is 2.87 bits per heavy atom. The Labute approximate surface area is 88.7 Å². The molecule has 1 saturated heterocycles. The second kappa shape index (κ2) is 4.28. The van der Waals surface area contributed by atoms with Crippen LogP contribution in [0.25, 0.3) is 0 Å². The summed E-state index contributed by atoms with van der Waals surface area (Å²) in [7, 11) is 0. The second-order valence-corrected chi connectivity index (χ2v) is 3.66. The van der Waals surface area contributed by atoms with Crippen LogP contribution in [0.3, 0.4) is 0 Å². The maximum atomic E-state index is 9.03. The third kappa shape index (κ3) is 1.92. The average molecular weight is 203 g/mol. The van der Waals surface area contributed by atoms with Gasteiger partial charge in [0, 0.05) is 19.4 Å². The van der Waals surface area contributed by atoms with E-state index in [0.717, 1.165) is 31.6 Å². The predicted molar refractivity (Wildman–Crippen MR) is 56.2 cm³/mol. The second-order valence-electron chi connectivity index (χ2n) is 3.66. The Balaban J connectivity index is 2.34. The van der Waals surface area contributed by atoms with Crippen molar-refractivity contribution in [2.45, 2.75) is 18.8 Å². The molecule has 0 unspecified atom stereocenters. The highest BCUT2D eigenvalue weighted by atomic mass is 16.5. The molecule has 0 aromatic carbocycles. The van der Waals surface area contributed by atoms with Crippen LogP contribution in [0, 0.1) is 11.3 Å². The summed E-state index contributed by atoms with van der Waals surface area (Å²) in [6.07, 6.45) is 3.58. The fourth-order valence-corrected chi connectivity index (χ4v) is 1.96. The van der Waals surface area contributed by atoms with Crippen LogP contribution in [0.5, 0.6) is 0 Å². The summed E-state index contributed by atoms with van der Waals surface area (Å²) in [5.74, 6) is 0.722. The highest BCUT2D eigenvalue weighted by molar-refractivity contribution is 5.53. The van der Waals surface area contributed by atoms with E-state index in [1.165, 1.54) is 0 Å². The van der Waals surface area contributed by atoms with Gasteiger partial charge >= 0.3 is 0 Å². The fourth-order valence-electron chi connectivity index (χ4n) is 1.96. The van der Waals surface area contributed by atoms with Crippen molar-refractivity contribution >= 4 is 5.82 Å². The van der Waals surface area contributed by atoms with Gasteiger partial charge in [-0.3, -0.25) is 0 Å². The topological polar surface area (TPSA) is 71.9 Å². The Bertz CT molecular complexity index is 391. The van der Waals surface area contributed by atoms with Crippen LogP contribution in [-0.4, -0.2) is 18.2 Å². The lowest BCUT2D eigenvalue weighted by atomic mass is 9.89. The number of aromatic nitrogens is 1. The summed E-state index contributed by atoms with van der Waals surface area (Å²) < 4.78 is 5.30. The third-order valence-electron chi connectivity index (χ3n) is 2.79. The molecule has 4 nitrogen and oxygen atoms in total. The lowest BCUT2D eigenvalue weighted by Gasteiger charge is -2.23. The van der Waals surface area contributed by atoms with Gasteiger partial charge in [-0.2, -0.15) is 5.26 Å². The van der Waals surface area contributed by atoms with Crippen molar-refractivity contribution in [1.82, 2.24) is 4.98 Å². The fraction of sp³-hybridized carbons (Fsp3) is 0.455. The van der Waals surface area contributed by atoms with E-state index >= 15 is 0 Å². The van der Waals surface area contributed by atoms with Crippen molar-refractivity contribution in [3.63, 3.8) is 0 Å². The number of hydrogen-bond acceptors (Lipinski definition) is 4. The summed E-state index contributed by atoms with van der Waals surface area (Å²) in [6, 6.07) is 4.03. The molecule has 0 atom stereocenters. The number of hydrogen-bond donors (Lipinski definition) is 1. The zero-order chi connectivity index (χ0) is 10.7. The number of rotatable bonds is 1. The molecule has 15 heavy (non-hydrogen) atoms. The first kappa shape index (κ1) is 9.94. The molecule has 1 aromatic heterocycles. The van der Waals surface area contributed by atoms with E-state index in [-0.39, 0.29) is 0 Å². The van der Waals surface area contributed by atoms with Gasteiger partial charge in [0.1, 0.15) is 11.9 Å². The zero-order valence-electron chi connectivity index (χ0n) is 8.44. The monoisotopic (exact) mass is 203 g/mol. The lowest BCUT2D eigenvalue weighted by Crippen LogP contribution is -2.15. The summed E-state index contributed by atoms with van der Waals surface area (Å²) in [5, 5.41) is 9.03. The minimum atomic E-state index is 0.335. The van der Waals surface area contributed by atoms with Crippen molar-refractivity contribution in [1.29, 1.82) is 5.26 Å². The van der Waals surface area contributed by atoms with Gasteiger partial charge in [0.05, 0.1) is 5.56 Å². The van der Waals surface area contributed by atoms with Gasteiger partial charge < -0.3 is 10.5 Å². The molecule has 0 saturated carbocycles. The van der Waals surface area contributed by atoms with E-state index in [4.69, 9.17) is 15.7 Å². The number of nitriles is 1. The van der Waals surface area contributed by atoms with Gasteiger partial charge in [-0.1, -0.05) is 0 Å². The minimum absolute atomic E-state index is 0.335. The van der Waals surface area contributed by atoms with Crippen molar-refractivity contribution in [3.05, 3.63) is 23.4 Å². The van der Waals surface area contributed by atoms with E-state index in [9.17, 15) is 0 Å². The van der Waals surface area contributed by atoms with Crippen molar-refractivity contribution < 1.29 is 4.74 Å². The van der Waals surface area contributed by atoms with E-state index < -0.39 is 0 Å². The Morgan fingerprint density at radius 2 is 2.20 bits per heavy atom. The van der Waals surface area contributed by atoms with Crippen LogP contribution in [0.2, 0.25) is 0 Å². The lowest BCUT2D eigenvalue weighted by molar-refractivity contribution is 0.0853. The molecular weight excluding hydrogens is 190 g/mol. The van der Waals surface area contributed by atoms with E-state index in [2.05, 4.69) is 11.1 Å². The zero-order valence-corrected chi connectivity index (χ0v) is 8.44. The molecule has 1 aromatic rings. The van der Waals surface area contributed by atoms with Crippen LogP contribution in [-0.2, 0) is 4.74 Å². The standard InChI is InChI=1S/C11H13N3O/c12-7-10-9(1-4-14-11(10)13)8-2-5-15-6-3-8/h1,4,8H,2-3,5-6H2,(H2,13,14). The van der Waals surface area contributed by atoms with Gasteiger partial charge in [-0.05, 0) is 30.4 Å². The maximum Gasteiger partial charge on any atom is 0.141 e. The highest BCUT2D eigenvalue weighted by Gasteiger charge is 2.20. The molecule has 0 bridgehead atoms. The molecule has 4 heteroatoms. The predicted octanol–water partition coefficient (Wildman–Crippen LogP) is 1.43. The Morgan fingerprint density at radius 1 is 1.47 bits per heavy atom. The van der Waals surface area contributed by atoms with Crippen LogP contribution in [0.4, 0.5) is 5.82 Å². The van der Waals surface area contributed by atoms with Crippen molar-refractivity contribution in [2.75, 3.05) is 18.9 Å². The number of ether oxygens (including phenoxy) is 1. The Hall–Kier alpha value is -1.60. The van der Waals surface area contributed by atoms with Gasteiger partial charge in [0.15, 0.2) is 0 Å². The smallest absolute Gasteiger partial charge is 0.141 e. The minimum Gasteiger partial charge on any atom is -0.383 e.